The van der Waals surface area contributed by atoms with Gasteiger partial charge in [0, 0.05) is 48.2 Å². The third-order valence-electron chi connectivity index (χ3n) is 23.2. The number of aliphatic hydroxyl groups is 8. The van der Waals surface area contributed by atoms with Crippen LogP contribution in [-0.4, -0.2) is 228 Å². The average Bonchev–Trinajstić information content (AvgIpc) is 0.580. The maximum atomic E-state index is 16.9. The molecular formula is C89H105Cl2N11O27. The number of hydrogen-bond acceptors (Lipinski definition) is 30. The minimum Gasteiger partial charge on any atom is -0.508 e. The summed E-state index contributed by atoms with van der Waals surface area (Å²) in [6.07, 6.45) is -11.0. The molecule has 0 aromatic heterocycles. The van der Waals surface area contributed by atoms with Crippen LogP contribution in [0.2, 0.25) is 10.0 Å². The second kappa shape index (κ2) is 42.9. The first-order valence-electron chi connectivity index (χ1n) is 42.6. The average molecular weight is 1830 g/mol. The molecule has 8 heterocycles. The van der Waals surface area contributed by atoms with Crippen molar-refractivity contribution >= 4 is 70.5 Å². The molecule has 0 saturated carbocycles. The highest BCUT2D eigenvalue weighted by molar-refractivity contribution is 6.33. The molecule has 7 aromatic carbocycles. The van der Waals surface area contributed by atoms with Crippen LogP contribution in [-0.2, 0) is 54.3 Å². The number of phenolic OH excluding ortho intramolecular Hbond substituents is 4. The topological polar surface area (TPSA) is 590 Å². The number of nitrogens with two attached hydrogens (primary N) is 1. The number of aliphatic hydroxyl groups excluding tert-OH is 8. The highest BCUT2D eigenvalue weighted by Crippen LogP contribution is 2.51. The van der Waals surface area contributed by atoms with Gasteiger partial charge in [0.2, 0.25) is 65.6 Å². The molecule has 8 amide bonds. The molecule has 24 N–H and O–H groups in total. The smallest absolute Gasteiger partial charge is 0.248 e. The van der Waals surface area contributed by atoms with Gasteiger partial charge in [0.1, 0.15) is 137 Å². The van der Waals surface area contributed by atoms with Crippen LogP contribution in [0.25, 0.3) is 11.1 Å². The van der Waals surface area contributed by atoms with Gasteiger partial charge in [-0.05, 0) is 152 Å². The summed E-state index contributed by atoms with van der Waals surface area (Å²) in [6, 6.07) is 6.52. The Morgan fingerprint density at radius 2 is 1.14 bits per heavy atom. The number of aromatic hydroxyl groups is 4. The Kier molecular flexibility index (Phi) is 31.6. The number of unbranched alkanes of at least 4 members (excludes halogenated alkanes) is 8. The molecule has 15 rings (SSSR count). The molecule has 692 valence electrons. The molecule has 0 spiro atoms. The van der Waals surface area contributed by atoms with Crippen molar-refractivity contribution in [1.82, 2.24) is 53.2 Å². The number of amides is 8. The molecule has 0 aliphatic carbocycles. The number of rotatable bonds is 26. The van der Waals surface area contributed by atoms with Gasteiger partial charge < -0.3 is 153 Å². The lowest BCUT2D eigenvalue weighted by Crippen LogP contribution is -2.65. The molecule has 17 bridgehead atoms. The van der Waals surface area contributed by atoms with Crippen LogP contribution in [0.15, 0.2) is 115 Å². The number of carbonyl (C=O) groups excluding carboxylic acids is 8. The first-order chi connectivity index (χ1) is 62.0. The van der Waals surface area contributed by atoms with Crippen LogP contribution in [0.4, 0.5) is 0 Å². The Balaban J connectivity index is 1.03. The lowest BCUT2D eigenvalue weighted by atomic mass is 9.89. The summed E-state index contributed by atoms with van der Waals surface area (Å²) < 4.78 is 45.0. The Labute approximate surface area is 749 Å². The zero-order valence-corrected chi connectivity index (χ0v) is 71.6. The number of phenols is 4. The molecular weight excluding hydrogens is 1730 g/mol. The molecule has 129 heavy (non-hydrogen) atoms. The normalized spacial score (nSPS) is 25.7. The summed E-state index contributed by atoms with van der Waals surface area (Å²) in [5, 5.41) is 165. The molecule has 2 fully saturated rings. The summed E-state index contributed by atoms with van der Waals surface area (Å²) in [4.78, 5) is 125. The third kappa shape index (κ3) is 22.0. The number of halogens is 2. The molecule has 2 saturated heterocycles. The molecule has 8 aliphatic rings. The monoisotopic (exact) mass is 1830 g/mol. The molecule has 40 heteroatoms. The predicted octanol–water partition coefficient (Wildman–Crippen LogP) is 3.60. The van der Waals surface area contributed by atoms with E-state index >= 15 is 28.8 Å². The van der Waals surface area contributed by atoms with E-state index in [9.17, 15) is 70.9 Å². The molecule has 0 radical (unpaired) electrons. The minimum absolute atomic E-state index is 0.0746. The zero-order valence-electron chi connectivity index (χ0n) is 70.1. The van der Waals surface area contributed by atoms with Gasteiger partial charge in [-0.15, -0.1) is 0 Å². The molecule has 38 nitrogen and oxygen atoms in total. The van der Waals surface area contributed by atoms with Crippen LogP contribution < -0.4 is 82.6 Å². The van der Waals surface area contributed by atoms with E-state index in [0.717, 1.165) is 106 Å². The van der Waals surface area contributed by atoms with Gasteiger partial charge in [-0.3, -0.25) is 38.4 Å². The van der Waals surface area contributed by atoms with Crippen LogP contribution in [0, 0.1) is 0 Å². The zero-order chi connectivity index (χ0) is 92.2. The van der Waals surface area contributed by atoms with E-state index in [1.54, 1.807) is 0 Å². The number of fused-ring (bicyclic) bond motifs is 14. The van der Waals surface area contributed by atoms with Crippen LogP contribution >= 0.6 is 23.2 Å². The molecule has 18 atom stereocenters. The van der Waals surface area contributed by atoms with Crippen LogP contribution in [0.1, 0.15) is 159 Å². The van der Waals surface area contributed by atoms with Crippen molar-refractivity contribution in [3.05, 3.63) is 164 Å². The SMILES string of the molecule is CCCCCCCCCCCC(=O)N[C@H]1[C@H](Oc2c3cc4cc2Oc2ccc(cc2Cl)[C@@H](O)[C@@H]2NC(=O)[C@H](NC(=O)[C@@H]4NC(=O)[C@H]4NC(=O)[C@@H](Cc5ccc(cc5)O3)NC(=O)[C@H](NC)c3ccc(O)c(c3)Oc3cc(O)c(Cl)c4c3)c3ccc(O)c(c3)-c3c(O[C@H]4O[C@H](CO)[C@@H](O)[C@H](O)[C@@H]4O)cc(O)cc3[C@H](C(=O)NCCCNCCCN)NC2=O)O[C@H](CO)[C@@H](O)[C@@H]1O. The van der Waals surface area contributed by atoms with E-state index in [0.29, 0.717) is 44.5 Å². The summed E-state index contributed by atoms with van der Waals surface area (Å²) in [6.45, 7) is 1.33. The Morgan fingerprint density at radius 1 is 0.519 bits per heavy atom. The molecule has 8 aliphatic heterocycles. The molecule has 7 aromatic rings. The van der Waals surface area contributed by atoms with E-state index in [-0.39, 0.29) is 59.9 Å². The number of hydrogen-bond donors (Lipinski definition) is 23. The summed E-state index contributed by atoms with van der Waals surface area (Å²) in [7, 11) is 1.44. The lowest BCUT2D eigenvalue weighted by Gasteiger charge is -2.42. The Morgan fingerprint density at radius 3 is 1.84 bits per heavy atom. The number of carbonyl (C=O) groups is 8. The number of ether oxygens (including phenoxy) is 7. The summed E-state index contributed by atoms with van der Waals surface area (Å²) in [5.41, 5.74) is 3.22. The van der Waals surface area contributed by atoms with Gasteiger partial charge in [0.15, 0.2) is 23.0 Å². The lowest BCUT2D eigenvalue weighted by molar-refractivity contribution is -0.277. The van der Waals surface area contributed by atoms with Gasteiger partial charge in [-0.2, -0.15) is 0 Å². The van der Waals surface area contributed by atoms with Gasteiger partial charge in [0.25, 0.3) is 0 Å². The highest BCUT2D eigenvalue weighted by Gasteiger charge is 2.50. The second-order valence-electron chi connectivity index (χ2n) is 32.3. The number of likely N-dealkylation sites (N-methyl/N-ethyl adjacent to an activating group) is 1. The number of nitrogens with one attached hydrogen (secondary N) is 10. The maximum absolute atomic E-state index is 16.9. The van der Waals surface area contributed by atoms with Gasteiger partial charge in [0.05, 0.1) is 23.3 Å². The van der Waals surface area contributed by atoms with Gasteiger partial charge in [-0.25, -0.2) is 0 Å². The van der Waals surface area contributed by atoms with Gasteiger partial charge >= 0.3 is 0 Å². The first kappa shape index (κ1) is 95.2. The largest absolute Gasteiger partial charge is 0.508 e. The van der Waals surface area contributed by atoms with Crippen molar-refractivity contribution < 1.29 is 133 Å². The standard InChI is InChI=1S/C89H105Cl2N11O27/c1-3-4-5-6-7-8-9-10-11-14-64(109)97-73-77(113)75(111)62(39-103)127-88(73)129-80-60-33-45-34-61(80)125-57-24-19-44(31-52(57)90)74(110)72-87(122)101-70(82(117)95-28-13-27-94-26-12-25-92)50-35-46(105)36-59(126-89-79(115)78(114)76(112)63(40-104)128-89)65(50)49-30-42(17-22-54(49)106)68(84(119)102-72)98-85(120)69(45)99-86(121)71-51-37-48(38-56(108)66(51)91)124-58-32-43(18-23-55(58)107)67(93-2)83(118)96-53(81(116)100-71)29-41-15-20-47(123-60)21-16-41/h15-24,30-38,53,62-63,67-79,88-89,93-94,103-108,110-115H,3-14,25-29,39-40,92H2,1-2H3,(H,95,117)(H,96,118)(H,97,109)(H,98,120)(H,99,121)(H,100,116)(H,101,122)(H,102,119)/t53-,62-,63-,67-,68-,69-,70-,71+,72+,73-,74-,75-,76-,77-,78+,79+,88+,89+/m1/s1. The van der Waals surface area contributed by atoms with Crippen LogP contribution in [0.5, 0.6) is 69.0 Å². The summed E-state index contributed by atoms with van der Waals surface area (Å²) in [5.74, 6) is -15.5. The van der Waals surface area contributed by atoms with E-state index in [1.807, 2.05) is 0 Å². The van der Waals surface area contributed by atoms with E-state index < -0.39 is 260 Å². The van der Waals surface area contributed by atoms with Gasteiger partial charge in [-0.1, -0.05) is 112 Å². The Bertz CT molecular complexity index is 5250. The van der Waals surface area contributed by atoms with Crippen molar-refractivity contribution in [1.29, 1.82) is 0 Å². The Hall–Kier alpha value is -11.4. The fourth-order valence-corrected chi connectivity index (χ4v) is 16.6. The second-order valence-corrected chi connectivity index (χ2v) is 33.1. The van der Waals surface area contributed by atoms with E-state index in [1.165, 1.54) is 61.6 Å². The number of benzene rings is 7. The quantitative estimate of drug-likeness (QED) is 0.0344. The van der Waals surface area contributed by atoms with E-state index in [4.69, 9.17) is 62.1 Å². The van der Waals surface area contributed by atoms with Crippen molar-refractivity contribution in [2.75, 3.05) is 46.4 Å². The van der Waals surface area contributed by atoms with Crippen molar-refractivity contribution in [2.24, 2.45) is 5.73 Å². The van der Waals surface area contributed by atoms with Crippen molar-refractivity contribution in [3.63, 3.8) is 0 Å². The fraction of sp³-hybridized carbons (Fsp3) is 0.438. The van der Waals surface area contributed by atoms with Crippen molar-refractivity contribution in [2.45, 2.75) is 200 Å². The predicted molar refractivity (Wildman–Crippen MR) is 460 cm³/mol. The first-order valence-corrected chi connectivity index (χ1v) is 43.3. The maximum Gasteiger partial charge on any atom is 0.248 e. The molecule has 0 unspecified atom stereocenters. The highest BCUT2D eigenvalue weighted by atomic mass is 35.5. The van der Waals surface area contributed by atoms with Crippen LogP contribution in [0.3, 0.4) is 0 Å². The minimum atomic E-state index is -2.41. The van der Waals surface area contributed by atoms with Crippen molar-refractivity contribution in [3.8, 4) is 80.1 Å². The van der Waals surface area contributed by atoms with E-state index in [2.05, 4.69) is 60.1 Å². The third-order valence-corrected chi connectivity index (χ3v) is 23.9. The fourth-order valence-electron chi connectivity index (χ4n) is 16.1. The summed E-state index contributed by atoms with van der Waals surface area (Å²) >= 11 is 14.4.